The molecule has 142 valence electrons. The lowest BCUT2D eigenvalue weighted by molar-refractivity contribution is -0.153. The number of nitrogens with one attached hydrogen (secondary N) is 2. The molecule has 0 aromatic rings. The van der Waals surface area contributed by atoms with Crippen LogP contribution in [0.25, 0.3) is 0 Å². The monoisotopic (exact) mass is 364 g/mol. The minimum Gasteiger partial charge on any atom is -0.481 e. The van der Waals surface area contributed by atoms with E-state index in [4.69, 9.17) is 9.47 Å². The average Bonchev–Trinajstić information content (AvgIpc) is 2.54. The Morgan fingerprint density at radius 1 is 0.769 bits per heavy atom. The molecule has 0 radical (unpaired) electrons. The normalized spacial score (nSPS) is 40.0. The minimum atomic E-state index is -0.778. The molecule has 2 fully saturated rings. The van der Waals surface area contributed by atoms with Crippen molar-refractivity contribution in [1.82, 2.24) is 10.6 Å². The molecule has 26 heavy (non-hydrogen) atoms. The smallest absolute Gasteiger partial charge is 0.284 e. The van der Waals surface area contributed by atoms with E-state index in [-0.39, 0.29) is 23.7 Å². The first-order valence-electron chi connectivity index (χ1n) is 9.21. The largest absolute Gasteiger partial charge is 0.481 e. The summed E-state index contributed by atoms with van der Waals surface area (Å²) in [5.41, 5.74) is -1.56. The third-order valence-corrected chi connectivity index (χ3v) is 6.15. The van der Waals surface area contributed by atoms with Gasteiger partial charge in [0, 0.05) is 25.7 Å². The maximum absolute atomic E-state index is 11.7. The Morgan fingerprint density at radius 3 is 1.42 bits per heavy atom. The SMILES string of the molecule is O=C1C=C(O)OC2(CCC(C3CCC4(CC3)NC(=O)C=C(O)O4)CC2)N1. The fourth-order valence-corrected chi connectivity index (χ4v) is 4.87. The molecular formula is C18H24N2O6. The Hall–Kier alpha value is -2.38. The lowest BCUT2D eigenvalue weighted by Gasteiger charge is -2.46. The quantitative estimate of drug-likeness (QED) is 0.564. The summed E-state index contributed by atoms with van der Waals surface area (Å²) in [4.78, 5) is 23.3. The molecule has 2 aliphatic heterocycles. The maximum atomic E-state index is 11.7. The highest BCUT2D eigenvalue weighted by atomic mass is 16.6. The van der Waals surface area contributed by atoms with Crippen molar-refractivity contribution in [2.24, 2.45) is 11.8 Å². The van der Waals surface area contributed by atoms with Crippen molar-refractivity contribution >= 4 is 11.8 Å². The highest BCUT2D eigenvalue weighted by Crippen LogP contribution is 2.45. The molecule has 0 aromatic heterocycles. The lowest BCUT2D eigenvalue weighted by Crippen LogP contribution is -2.56. The number of carbonyl (C=O) groups excluding carboxylic acids is 2. The maximum Gasteiger partial charge on any atom is 0.284 e. The van der Waals surface area contributed by atoms with E-state index < -0.39 is 11.4 Å². The van der Waals surface area contributed by atoms with Gasteiger partial charge in [0.25, 0.3) is 23.7 Å². The third-order valence-electron chi connectivity index (χ3n) is 6.15. The molecule has 0 saturated heterocycles. The molecule has 4 N–H and O–H groups in total. The zero-order valence-corrected chi connectivity index (χ0v) is 14.5. The van der Waals surface area contributed by atoms with Crippen LogP contribution in [0.15, 0.2) is 24.0 Å². The Kier molecular flexibility index (Phi) is 4.00. The predicted molar refractivity (Wildman–Crippen MR) is 89.3 cm³/mol. The molecule has 2 heterocycles. The number of hydrogen-bond acceptors (Lipinski definition) is 6. The Labute approximate surface area is 151 Å². The molecule has 0 atom stereocenters. The fourth-order valence-electron chi connectivity index (χ4n) is 4.87. The number of carbonyl (C=O) groups is 2. The van der Waals surface area contributed by atoms with Crippen LogP contribution in [0.5, 0.6) is 0 Å². The Balaban J connectivity index is 1.33. The number of hydrogen-bond donors (Lipinski definition) is 4. The zero-order chi connectivity index (χ0) is 18.4. The highest BCUT2D eigenvalue weighted by Gasteiger charge is 2.46. The first-order chi connectivity index (χ1) is 12.4. The van der Waals surface area contributed by atoms with Gasteiger partial charge in [-0.25, -0.2) is 0 Å². The standard InChI is InChI=1S/C18H24N2O6/c21-13-9-15(23)25-17(19-13)5-1-11(2-6-17)12-3-7-18(8-4-12)20-14(22)10-16(24)26-18/h9-12,23-24H,1-8H2,(H,19,21)(H,20,22). The molecule has 2 saturated carbocycles. The number of rotatable bonds is 1. The van der Waals surface area contributed by atoms with Crippen LogP contribution < -0.4 is 10.6 Å². The first kappa shape index (κ1) is 17.1. The first-order valence-corrected chi connectivity index (χ1v) is 9.21. The van der Waals surface area contributed by atoms with Crippen molar-refractivity contribution in [3.63, 3.8) is 0 Å². The minimum absolute atomic E-state index is 0.315. The van der Waals surface area contributed by atoms with Crippen LogP contribution in [-0.4, -0.2) is 33.5 Å². The van der Waals surface area contributed by atoms with Crippen LogP contribution >= 0.6 is 0 Å². The van der Waals surface area contributed by atoms with E-state index in [9.17, 15) is 19.8 Å². The van der Waals surface area contributed by atoms with E-state index in [0.29, 0.717) is 37.5 Å². The summed E-state index contributed by atoms with van der Waals surface area (Å²) < 4.78 is 11.0. The fraction of sp³-hybridized carbons (Fsp3) is 0.667. The van der Waals surface area contributed by atoms with Crippen molar-refractivity contribution in [2.45, 2.75) is 62.8 Å². The number of aliphatic hydroxyl groups is 2. The van der Waals surface area contributed by atoms with E-state index >= 15 is 0 Å². The van der Waals surface area contributed by atoms with Gasteiger partial charge in [-0.05, 0) is 37.5 Å². The Bertz CT molecular complexity index is 611. The predicted octanol–water partition coefficient (Wildman–Crippen LogP) is 1.85. The summed E-state index contributed by atoms with van der Waals surface area (Å²) in [7, 11) is 0. The summed E-state index contributed by atoms with van der Waals surface area (Å²) in [6, 6.07) is 0. The zero-order valence-electron chi connectivity index (χ0n) is 14.5. The molecule has 2 spiro atoms. The van der Waals surface area contributed by atoms with Gasteiger partial charge in [0.15, 0.2) is 11.4 Å². The van der Waals surface area contributed by atoms with Crippen LogP contribution in [0.1, 0.15) is 51.4 Å². The van der Waals surface area contributed by atoms with Crippen molar-refractivity contribution in [1.29, 1.82) is 0 Å². The summed E-state index contributed by atoms with van der Waals surface area (Å²) >= 11 is 0. The van der Waals surface area contributed by atoms with Crippen LogP contribution in [0.4, 0.5) is 0 Å². The van der Waals surface area contributed by atoms with E-state index in [2.05, 4.69) is 10.6 Å². The van der Waals surface area contributed by atoms with Gasteiger partial charge < -0.3 is 30.3 Å². The van der Waals surface area contributed by atoms with Gasteiger partial charge in [-0.2, -0.15) is 0 Å². The number of ether oxygens (including phenoxy) is 2. The highest BCUT2D eigenvalue weighted by molar-refractivity contribution is 5.89. The third kappa shape index (κ3) is 3.20. The molecule has 8 nitrogen and oxygen atoms in total. The lowest BCUT2D eigenvalue weighted by atomic mass is 9.69. The van der Waals surface area contributed by atoms with Gasteiger partial charge in [0.1, 0.15) is 0 Å². The number of aliphatic hydroxyl groups excluding tert-OH is 2. The van der Waals surface area contributed by atoms with Crippen LogP contribution in [0, 0.1) is 11.8 Å². The van der Waals surface area contributed by atoms with Gasteiger partial charge in [0.05, 0.1) is 12.2 Å². The molecule has 8 heteroatoms. The van der Waals surface area contributed by atoms with Crippen molar-refractivity contribution in [3.8, 4) is 0 Å². The molecule has 4 aliphatic rings. The summed E-state index contributed by atoms with van der Waals surface area (Å²) in [5, 5.41) is 24.9. The van der Waals surface area contributed by atoms with Gasteiger partial charge in [-0.15, -0.1) is 0 Å². The Morgan fingerprint density at radius 2 is 1.12 bits per heavy atom. The average molecular weight is 364 g/mol. The molecule has 0 aromatic carbocycles. The van der Waals surface area contributed by atoms with Crippen molar-refractivity contribution in [3.05, 3.63) is 24.0 Å². The van der Waals surface area contributed by atoms with Crippen LogP contribution in [0.3, 0.4) is 0 Å². The molecule has 0 unspecified atom stereocenters. The van der Waals surface area contributed by atoms with Gasteiger partial charge in [-0.1, -0.05) is 0 Å². The van der Waals surface area contributed by atoms with Crippen molar-refractivity contribution < 1.29 is 29.3 Å². The van der Waals surface area contributed by atoms with E-state index in [1.54, 1.807) is 0 Å². The van der Waals surface area contributed by atoms with Crippen LogP contribution in [0.2, 0.25) is 0 Å². The summed E-state index contributed by atoms with van der Waals surface area (Å²) in [5.74, 6) is -0.241. The molecule has 4 rings (SSSR count). The summed E-state index contributed by atoms with van der Waals surface area (Å²) in [6.07, 6.45) is 8.40. The summed E-state index contributed by atoms with van der Waals surface area (Å²) in [6.45, 7) is 0. The van der Waals surface area contributed by atoms with E-state index in [1.807, 2.05) is 0 Å². The van der Waals surface area contributed by atoms with Gasteiger partial charge in [0.2, 0.25) is 0 Å². The molecule has 0 bridgehead atoms. The second-order valence-corrected chi connectivity index (χ2v) is 7.81. The second kappa shape index (κ2) is 6.10. The van der Waals surface area contributed by atoms with E-state index in [0.717, 1.165) is 37.8 Å². The molecule has 2 amide bonds. The second-order valence-electron chi connectivity index (χ2n) is 7.81. The molecular weight excluding hydrogens is 340 g/mol. The van der Waals surface area contributed by atoms with Gasteiger partial charge >= 0.3 is 0 Å². The molecule has 2 aliphatic carbocycles. The van der Waals surface area contributed by atoms with Gasteiger partial charge in [-0.3, -0.25) is 9.59 Å². The number of amides is 2. The van der Waals surface area contributed by atoms with E-state index in [1.165, 1.54) is 0 Å². The van der Waals surface area contributed by atoms with Crippen molar-refractivity contribution in [2.75, 3.05) is 0 Å². The van der Waals surface area contributed by atoms with Crippen LogP contribution in [-0.2, 0) is 19.1 Å². The topological polar surface area (TPSA) is 117 Å².